The van der Waals surface area contributed by atoms with E-state index in [0.717, 1.165) is 44.9 Å². The smallest absolute Gasteiger partial charge is 0.335 e. The quantitative estimate of drug-likeness (QED) is 0.125. The van der Waals surface area contributed by atoms with Crippen LogP contribution in [0.4, 0.5) is 0 Å². The second-order valence-corrected chi connectivity index (χ2v) is 23.0. The van der Waals surface area contributed by atoms with Crippen LogP contribution in [0, 0.1) is 50.2 Å². The predicted octanol–water partition coefficient (Wildman–Crippen LogP) is 2.47. The van der Waals surface area contributed by atoms with E-state index < -0.39 is 121 Å². The fourth-order valence-electron chi connectivity index (χ4n) is 14.8. The Hall–Kier alpha value is -1.84. The van der Waals surface area contributed by atoms with Gasteiger partial charge in [-0.3, -0.25) is 4.79 Å². The molecule has 17 nitrogen and oxygen atoms in total. The van der Waals surface area contributed by atoms with Crippen molar-refractivity contribution in [3.05, 3.63) is 11.6 Å². The van der Waals surface area contributed by atoms with Crippen molar-refractivity contribution in [2.45, 2.75) is 212 Å². The summed E-state index contributed by atoms with van der Waals surface area (Å²) in [6, 6.07) is 0. The van der Waals surface area contributed by atoms with E-state index in [1.54, 1.807) is 0 Å². The van der Waals surface area contributed by atoms with Crippen molar-refractivity contribution in [2.24, 2.45) is 50.2 Å². The predicted molar refractivity (Wildman–Crippen MR) is 224 cm³/mol. The SMILES string of the molecule is CC1OC(OC2COC(OC3C(C(=O)O)OC(OC4CCC5(C)C(CCC6(C)C5CC=C5C7CC(C)(C)CCC7(C(=O)O)CCC56C)C4(C)C)C(O)C3O)C(O)C2O)C(O)C(O)C1O. The minimum atomic E-state index is -1.89. The first-order valence-electron chi connectivity index (χ1n) is 23.6. The highest BCUT2D eigenvalue weighted by molar-refractivity contribution is 5.76. The zero-order valence-electron chi connectivity index (χ0n) is 38.5. The topological polar surface area (TPSA) is 272 Å². The molecule has 8 rings (SSSR count). The Morgan fingerprint density at radius 1 is 0.672 bits per heavy atom. The fraction of sp³-hybridized carbons (Fsp3) is 0.915. The van der Waals surface area contributed by atoms with Crippen molar-refractivity contribution in [1.82, 2.24) is 0 Å². The molecule has 0 amide bonds. The van der Waals surface area contributed by atoms with Crippen LogP contribution in [0.5, 0.6) is 0 Å². The molecule has 3 heterocycles. The van der Waals surface area contributed by atoms with Gasteiger partial charge in [0.2, 0.25) is 0 Å². The van der Waals surface area contributed by atoms with Crippen molar-refractivity contribution < 1.29 is 84.0 Å². The highest BCUT2D eigenvalue weighted by atomic mass is 16.8. The Kier molecular flexibility index (Phi) is 12.7. The molecule has 17 heteroatoms. The van der Waals surface area contributed by atoms with Crippen LogP contribution in [0.1, 0.15) is 120 Å². The van der Waals surface area contributed by atoms with E-state index in [4.69, 9.17) is 28.4 Å². The number of aliphatic hydroxyl groups excluding tert-OH is 7. The van der Waals surface area contributed by atoms with Crippen LogP contribution >= 0.6 is 0 Å². The number of rotatable bonds is 8. The largest absolute Gasteiger partial charge is 0.481 e. The van der Waals surface area contributed by atoms with Crippen molar-refractivity contribution in [1.29, 1.82) is 0 Å². The summed E-state index contributed by atoms with van der Waals surface area (Å²) in [5.41, 5.74) is -0.0600. The number of carboxylic acids is 2. The van der Waals surface area contributed by atoms with Crippen LogP contribution in [0.3, 0.4) is 0 Å². The van der Waals surface area contributed by atoms with Crippen LogP contribution in [0.25, 0.3) is 0 Å². The maximum atomic E-state index is 13.1. The van der Waals surface area contributed by atoms with Gasteiger partial charge in [0.15, 0.2) is 25.0 Å². The Balaban J connectivity index is 0.944. The lowest BCUT2D eigenvalue weighted by Crippen LogP contribution is -2.67. The maximum absolute atomic E-state index is 13.1. The lowest BCUT2D eigenvalue weighted by molar-refractivity contribution is -0.366. The second-order valence-electron chi connectivity index (χ2n) is 23.0. The minimum absolute atomic E-state index is 0.0161. The van der Waals surface area contributed by atoms with Gasteiger partial charge in [-0.2, -0.15) is 0 Å². The third-order valence-electron chi connectivity index (χ3n) is 18.9. The summed E-state index contributed by atoms with van der Waals surface area (Å²) in [4.78, 5) is 25.8. The van der Waals surface area contributed by atoms with Gasteiger partial charge < -0.3 is 74.4 Å². The van der Waals surface area contributed by atoms with E-state index in [1.165, 1.54) is 12.5 Å². The highest BCUT2D eigenvalue weighted by Crippen LogP contribution is 2.76. The average molecular weight is 911 g/mol. The molecule has 7 fully saturated rings. The van der Waals surface area contributed by atoms with Gasteiger partial charge in [0.25, 0.3) is 0 Å². The molecule has 0 radical (unpaired) electrons. The molecule has 4 saturated carbocycles. The number of aliphatic hydroxyl groups is 7. The third-order valence-corrected chi connectivity index (χ3v) is 18.9. The molecule has 64 heavy (non-hydrogen) atoms. The molecule has 0 bridgehead atoms. The van der Waals surface area contributed by atoms with E-state index in [9.17, 15) is 55.5 Å². The van der Waals surface area contributed by atoms with Gasteiger partial charge in [0.05, 0.1) is 24.2 Å². The van der Waals surface area contributed by atoms with Crippen molar-refractivity contribution in [3.8, 4) is 0 Å². The summed E-state index contributed by atoms with van der Waals surface area (Å²) in [5, 5.41) is 96.5. The molecule has 3 aliphatic heterocycles. The van der Waals surface area contributed by atoms with Gasteiger partial charge >= 0.3 is 11.9 Å². The summed E-state index contributed by atoms with van der Waals surface area (Å²) in [6.45, 7) is 17.1. The molecule has 9 N–H and O–H groups in total. The van der Waals surface area contributed by atoms with Crippen molar-refractivity contribution >= 4 is 11.9 Å². The summed E-state index contributed by atoms with van der Waals surface area (Å²) in [5.74, 6) is -1.66. The number of carboxylic acid groups (broad SMARTS) is 2. The number of hydrogen-bond donors (Lipinski definition) is 9. The molecule has 22 unspecified atom stereocenters. The second kappa shape index (κ2) is 16.7. The molecule has 22 atom stereocenters. The number of ether oxygens (including phenoxy) is 6. The normalized spacial score (nSPS) is 53.4. The Labute approximate surface area is 375 Å². The van der Waals surface area contributed by atoms with Crippen LogP contribution in [-0.4, -0.2) is 157 Å². The Bertz CT molecular complexity index is 1810. The number of carbonyl (C=O) groups is 2. The highest BCUT2D eigenvalue weighted by Gasteiger charge is 2.70. The molecule has 0 aromatic carbocycles. The standard InChI is InChI=1S/C47H74O17/c1-21-28(48)30(50)33(53)39(60-21)61-24-20-59-38(32(52)29(24)49)63-35-31(51)34(54)40(64-36(35)37(55)56)62-27-12-13-44(6)25(43(27,4)5)11-14-46(8)26(44)10-9-22-23-19-42(2,3)15-17-47(23,41(57)58)18-16-45(22,46)7/h9,21,23-36,38-40,48-54H,10-20H2,1-8H3,(H,55,56)(H,57,58). The molecule has 0 aromatic heterocycles. The molecule has 364 valence electrons. The average Bonchev–Trinajstić information content (AvgIpc) is 3.22. The number of fused-ring (bicyclic) bond motifs is 7. The summed E-state index contributed by atoms with van der Waals surface area (Å²) < 4.78 is 34.8. The lowest BCUT2D eigenvalue weighted by atomic mass is 9.33. The van der Waals surface area contributed by atoms with Gasteiger partial charge in [0, 0.05) is 0 Å². The maximum Gasteiger partial charge on any atom is 0.335 e. The van der Waals surface area contributed by atoms with Gasteiger partial charge in [-0.05, 0) is 116 Å². The number of hydrogen-bond acceptors (Lipinski definition) is 15. The number of aliphatic carboxylic acids is 2. The first-order valence-corrected chi connectivity index (χ1v) is 23.6. The minimum Gasteiger partial charge on any atom is -0.481 e. The lowest BCUT2D eigenvalue weighted by Gasteiger charge is -2.71. The summed E-state index contributed by atoms with van der Waals surface area (Å²) in [7, 11) is 0. The van der Waals surface area contributed by atoms with Crippen LogP contribution in [0.2, 0.25) is 0 Å². The monoisotopic (exact) mass is 910 g/mol. The van der Waals surface area contributed by atoms with Gasteiger partial charge in [-0.1, -0.05) is 60.1 Å². The van der Waals surface area contributed by atoms with Crippen LogP contribution in [0.15, 0.2) is 11.6 Å². The Morgan fingerprint density at radius 3 is 1.98 bits per heavy atom. The van der Waals surface area contributed by atoms with E-state index in [-0.39, 0.29) is 33.5 Å². The molecule has 0 spiro atoms. The zero-order valence-corrected chi connectivity index (χ0v) is 38.5. The van der Waals surface area contributed by atoms with Crippen LogP contribution in [-0.2, 0) is 38.0 Å². The van der Waals surface area contributed by atoms with E-state index in [2.05, 4.69) is 54.5 Å². The first-order chi connectivity index (χ1) is 29.7. The fourth-order valence-corrected chi connectivity index (χ4v) is 14.8. The van der Waals surface area contributed by atoms with Crippen molar-refractivity contribution in [2.75, 3.05) is 6.61 Å². The van der Waals surface area contributed by atoms with Crippen LogP contribution < -0.4 is 0 Å². The molecule has 0 aromatic rings. The first kappa shape index (κ1) is 48.6. The van der Waals surface area contributed by atoms with Gasteiger partial charge in [-0.25, -0.2) is 4.79 Å². The van der Waals surface area contributed by atoms with Gasteiger partial charge in [0.1, 0.15) is 54.9 Å². The Morgan fingerprint density at radius 2 is 1.31 bits per heavy atom. The summed E-state index contributed by atoms with van der Waals surface area (Å²) in [6.07, 6.45) is -12.5. The molecule has 8 aliphatic rings. The number of allylic oxidation sites excluding steroid dienone is 2. The summed E-state index contributed by atoms with van der Waals surface area (Å²) >= 11 is 0. The zero-order chi connectivity index (χ0) is 46.9. The van der Waals surface area contributed by atoms with E-state index in [1.807, 2.05) is 0 Å². The molecular weight excluding hydrogens is 837 g/mol. The molecular formula is C47H74O17. The third kappa shape index (κ3) is 7.45. The van der Waals surface area contributed by atoms with E-state index in [0.29, 0.717) is 25.2 Å². The molecule has 3 saturated heterocycles. The molecule has 5 aliphatic carbocycles. The van der Waals surface area contributed by atoms with Gasteiger partial charge in [-0.15, -0.1) is 0 Å². The van der Waals surface area contributed by atoms with Crippen molar-refractivity contribution in [3.63, 3.8) is 0 Å². The van der Waals surface area contributed by atoms with E-state index >= 15 is 0 Å².